The number of carbonyl (C=O) groups excluding carboxylic acids is 1. The molecule has 0 N–H and O–H groups in total. The summed E-state index contributed by atoms with van der Waals surface area (Å²) in [5, 5.41) is 8.99. The van der Waals surface area contributed by atoms with Crippen molar-refractivity contribution in [1.29, 1.82) is 0 Å². The zero-order valence-electron chi connectivity index (χ0n) is 95.3. The van der Waals surface area contributed by atoms with Gasteiger partial charge in [-0.2, -0.15) is 10.0 Å². The summed E-state index contributed by atoms with van der Waals surface area (Å²) in [6.45, 7) is 24.1. The van der Waals surface area contributed by atoms with E-state index in [1.54, 1.807) is 10.0 Å². The molecule has 0 saturated heterocycles. The molecule has 3 aromatic carbocycles. The summed E-state index contributed by atoms with van der Waals surface area (Å²) >= 11 is 6.20. The average molecular weight is 2030 g/mol. The van der Waals surface area contributed by atoms with Crippen LogP contribution in [0.5, 0.6) is 34.5 Å². The first-order chi connectivity index (χ1) is 70.3. The van der Waals surface area contributed by atoms with Crippen molar-refractivity contribution in [3.63, 3.8) is 0 Å². The van der Waals surface area contributed by atoms with Crippen molar-refractivity contribution in [3.05, 3.63) is 42.0 Å². The number of anilines is 2. The van der Waals surface area contributed by atoms with E-state index >= 15 is 4.79 Å². The van der Waals surface area contributed by atoms with Gasteiger partial charge in [0.15, 0.2) is 23.0 Å². The maximum atomic E-state index is 17.1. The van der Waals surface area contributed by atoms with Crippen LogP contribution in [-0.2, 0) is 0 Å². The summed E-state index contributed by atoms with van der Waals surface area (Å²) < 4.78 is 43.3. The fourth-order valence-electron chi connectivity index (χ4n) is 19.9. The summed E-state index contributed by atoms with van der Waals surface area (Å²) in [5.74, 6) is 7.34. The van der Waals surface area contributed by atoms with Crippen molar-refractivity contribution >= 4 is 58.5 Å². The van der Waals surface area contributed by atoms with Gasteiger partial charge < -0.3 is 28.4 Å². The third-order valence-electron chi connectivity index (χ3n) is 29.3. The molecule has 0 saturated carbocycles. The van der Waals surface area contributed by atoms with Crippen LogP contribution in [0.1, 0.15) is 646 Å². The Morgan fingerprint density at radius 2 is 0.380 bits per heavy atom. The summed E-state index contributed by atoms with van der Waals surface area (Å²) in [4.78, 5) is 21.1. The number of unbranched alkanes of at least 4 members (excludes halogenated alkanes) is 81. The van der Waals surface area contributed by atoms with E-state index < -0.39 is 6.03 Å². The molecule has 0 atom stereocenters. The molecule has 1 aliphatic heterocycles. The number of rotatable bonds is 111. The number of hydrogen-bond acceptors (Lipinski definition) is 11. The highest BCUT2D eigenvalue weighted by atomic mass is 32.2. The first kappa shape index (κ1) is 131. The highest BCUT2D eigenvalue weighted by Crippen LogP contribution is 2.48. The molecule has 14 heteroatoms. The number of hydrogen-bond donors (Lipinski definition) is 0. The fourth-order valence-corrected chi connectivity index (χ4v) is 23.7. The predicted octanol–water partition coefficient (Wildman–Crippen LogP) is 44.9. The minimum Gasteiger partial charge on any atom is -0.489 e. The molecule has 0 fully saturated rings. The van der Waals surface area contributed by atoms with Crippen LogP contribution >= 0.6 is 35.3 Å². The van der Waals surface area contributed by atoms with E-state index in [1.807, 2.05) is 23.5 Å². The lowest BCUT2D eigenvalue weighted by Gasteiger charge is -2.33. The SMILES string of the molecule is CCCCCCCCCCCCOc1cc(N2[N]C(c3cc(SCCCCCCCCCCCC)c(SCCCCCCCCCCCC)c(SCCCCCCCCCCCC)c3)=NN(c3cc(OCCCCCCCCCCCC)c(OCCCCCCCCCCCC)c(OCCCCCCCCCCCC)c3)C2=O)cc(OCCCCCCCCCCCC)c1OCCCCCCCCCCCC. The second-order valence-corrected chi connectivity index (χ2v) is 46.4. The van der Waals surface area contributed by atoms with Gasteiger partial charge >= 0.3 is 6.03 Å². The topological polar surface area (TPSA) is 105 Å². The standard InChI is InChI=1S/C128H231N4O7S3/c1-10-19-28-37-46-55-64-73-82-91-100-134-118-111-116(112-119(135-101-92-83-74-65-56-47-38-29-20-11-2)124(118)138-104-95-86-77-68-59-50-41-32-23-14-5)131-128(133)132(117-113-120(136-102-93-84-75-66-57-48-39-30-21-12-3)125(139-105-96-87-78-69-60-51-42-33-24-15-6)121(114-117)137-103-94-85-76-67-58-49-40-31-22-13-4)130-127(129-131)115-109-122(140-106-97-88-79-70-61-52-43-34-25-16-7)126(142-108-99-90-81-72-63-54-45-36-27-18-9)123(110-115)141-107-98-89-80-71-62-53-44-35-26-17-8/h109-114H,10-108H2,1-9H3. The van der Waals surface area contributed by atoms with Crippen LogP contribution in [0.3, 0.4) is 0 Å². The Labute approximate surface area is 894 Å². The van der Waals surface area contributed by atoms with Gasteiger partial charge in [-0.1, -0.05) is 582 Å². The van der Waals surface area contributed by atoms with Crippen LogP contribution in [0.2, 0.25) is 0 Å². The molecule has 1 radical (unpaired) electrons. The maximum absolute atomic E-state index is 17.1. The Morgan fingerprint density at radius 3 is 0.592 bits per heavy atom. The van der Waals surface area contributed by atoms with Crippen LogP contribution in [0, 0.1) is 0 Å². The summed E-state index contributed by atoms with van der Waals surface area (Å²) in [6, 6.07) is 12.7. The van der Waals surface area contributed by atoms with E-state index in [4.69, 9.17) is 38.9 Å². The number of thioether (sulfide) groups is 3. The molecule has 3 aromatic rings. The second kappa shape index (κ2) is 99.2. The minimum atomic E-state index is -0.404. The molecule has 0 unspecified atom stereocenters. The van der Waals surface area contributed by atoms with Crippen molar-refractivity contribution in [2.45, 2.75) is 655 Å². The van der Waals surface area contributed by atoms with Crippen molar-refractivity contribution in [2.24, 2.45) is 5.10 Å². The van der Waals surface area contributed by atoms with Crippen LogP contribution in [-0.4, -0.2) is 68.8 Å². The Hall–Kier alpha value is -3.75. The van der Waals surface area contributed by atoms with E-state index in [0.717, 1.165) is 99.9 Å². The van der Waals surface area contributed by atoms with Gasteiger partial charge in [0.05, 0.1) is 51.0 Å². The molecular weight excluding hydrogens is 1800 g/mol. The van der Waals surface area contributed by atoms with Gasteiger partial charge in [-0.25, -0.2) is 4.79 Å². The number of nitrogens with zero attached hydrogens (tertiary/aromatic N) is 4. The number of ether oxygens (including phenoxy) is 6. The molecule has 1 aliphatic rings. The molecule has 4 rings (SSSR count). The van der Waals surface area contributed by atoms with Gasteiger partial charge in [-0.3, -0.25) is 0 Å². The number of amidine groups is 1. The lowest BCUT2D eigenvalue weighted by atomic mass is 10.1. The number of amides is 2. The van der Waals surface area contributed by atoms with Crippen LogP contribution < -0.4 is 43.9 Å². The molecule has 0 aliphatic carbocycles. The molecule has 0 spiro atoms. The highest BCUT2D eigenvalue weighted by Gasteiger charge is 2.37. The molecule has 2 amide bonds. The molecule has 11 nitrogen and oxygen atoms in total. The molecule has 823 valence electrons. The Morgan fingerprint density at radius 1 is 0.204 bits per heavy atom. The Bertz CT molecular complexity index is 3160. The van der Waals surface area contributed by atoms with Crippen molar-refractivity contribution in [1.82, 2.24) is 5.43 Å². The predicted molar refractivity (Wildman–Crippen MR) is 630 cm³/mol. The Kier molecular flexibility index (Phi) is 91.2. The molecule has 142 heavy (non-hydrogen) atoms. The van der Waals surface area contributed by atoms with Gasteiger partial charge in [0.1, 0.15) is 0 Å². The maximum Gasteiger partial charge on any atom is 0.370 e. The van der Waals surface area contributed by atoms with Crippen molar-refractivity contribution < 1.29 is 33.2 Å². The quantitative estimate of drug-likeness (QED) is 0.0401. The zero-order valence-corrected chi connectivity index (χ0v) is 97.8. The van der Waals surface area contributed by atoms with Crippen LogP contribution in [0.25, 0.3) is 0 Å². The molecule has 0 bridgehead atoms. The normalized spacial score (nSPS) is 12.3. The Balaban J connectivity index is 2.12. The van der Waals surface area contributed by atoms with Crippen LogP contribution in [0.4, 0.5) is 16.2 Å². The van der Waals surface area contributed by atoms with Gasteiger partial charge in [0, 0.05) is 44.5 Å². The third-order valence-corrected chi connectivity index (χ3v) is 33.0. The lowest BCUT2D eigenvalue weighted by Crippen LogP contribution is -2.52. The first-order valence-corrected chi connectivity index (χ1v) is 65.9. The number of benzene rings is 3. The smallest absolute Gasteiger partial charge is 0.370 e. The van der Waals surface area contributed by atoms with E-state index in [2.05, 4.69) is 110 Å². The van der Waals surface area contributed by atoms with Gasteiger partial charge in [-0.15, -0.1) is 45.8 Å². The highest BCUT2D eigenvalue weighted by molar-refractivity contribution is 8.03. The molecular formula is C128H231N4O7S3. The number of urea groups is 1. The summed E-state index contributed by atoms with van der Waals surface area (Å²) in [6.07, 6.45) is 114. The molecule has 1 heterocycles. The summed E-state index contributed by atoms with van der Waals surface area (Å²) in [7, 11) is 0. The first-order valence-electron chi connectivity index (χ1n) is 63.0. The van der Waals surface area contributed by atoms with Crippen molar-refractivity contribution in [2.75, 3.05) is 66.9 Å². The van der Waals surface area contributed by atoms with Gasteiger partial charge in [0.2, 0.25) is 17.3 Å². The van der Waals surface area contributed by atoms with E-state index in [9.17, 15) is 0 Å². The summed E-state index contributed by atoms with van der Waals surface area (Å²) in [5.41, 5.74) is 7.75. The third kappa shape index (κ3) is 69.6. The molecule has 0 aromatic heterocycles. The van der Waals surface area contributed by atoms with E-state index in [-0.39, 0.29) is 0 Å². The number of carbonyl (C=O) groups is 1. The second-order valence-electron chi connectivity index (χ2n) is 43.0. The number of hydrazone groups is 1. The van der Waals surface area contributed by atoms with Gasteiger partial charge in [0.25, 0.3) is 0 Å². The lowest BCUT2D eigenvalue weighted by molar-refractivity contribution is 0.233. The zero-order chi connectivity index (χ0) is 101. The van der Waals surface area contributed by atoms with E-state index in [1.165, 1.54) is 516 Å². The monoisotopic (exact) mass is 2030 g/mol. The van der Waals surface area contributed by atoms with Crippen molar-refractivity contribution in [3.8, 4) is 34.5 Å². The van der Waals surface area contributed by atoms with Crippen LogP contribution in [0.15, 0.2) is 56.2 Å². The minimum absolute atomic E-state index is 0.404. The largest absolute Gasteiger partial charge is 0.489 e. The van der Waals surface area contributed by atoms with E-state index in [0.29, 0.717) is 91.3 Å². The van der Waals surface area contributed by atoms with Gasteiger partial charge in [-0.05, 0) is 87.2 Å². The average Bonchev–Trinajstić information content (AvgIpc) is 0.757. The fraction of sp³-hybridized carbons (Fsp3) is 0.844.